The molecule has 112 valence electrons. The van der Waals surface area contributed by atoms with Crippen LogP contribution in [0.3, 0.4) is 0 Å². The van der Waals surface area contributed by atoms with E-state index in [2.05, 4.69) is 17.1 Å². The molecule has 2 fully saturated rings. The van der Waals surface area contributed by atoms with Crippen molar-refractivity contribution in [3.8, 4) is 12.1 Å². The van der Waals surface area contributed by atoms with Gasteiger partial charge in [0.15, 0.2) is 5.41 Å². The van der Waals surface area contributed by atoms with Crippen LogP contribution in [0.15, 0.2) is 4.99 Å². The Morgan fingerprint density at radius 2 is 1.71 bits per heavy atom. The van der Waals surface area contributed by atoms with Crippen LogP contribution in [0.2, 0.25) is 0 Å². The SMILES string of the molecule is CCOC1(OCC)N=C(N)[C@@]2(C#N)C3(CCCC3)[C@@]12C#N. The van der Waals surface area contributed by atoms with Crippen molar-refractivity contribution in [3.63, 3.8) is 0 Å². The Morgan fingerprint density at radius 3 is 2.14 bits per heavy atom. The number of aliphatic imine (C=N–C) groups is 1. The van der Waals surface area contributed by atoms with E-state index in [1.54, 1.807) is 0 Å². The molecule has 1 spiro atoms. The van der Waals surface area contributed by atoms with Crippen molar-refractivity contribution in [2.75, 3.05) is 13.2 Å². The maximum Gasteiger partial charge on any atom is 0.293 e. The van der Waals surface area contributed by atoms with Gasteiger partial charge in [0.1, 0.15) is 11.3 Å². The number of ether oxygens (including phenoxy) is 2. The lowest BCUT2D eigenvalue weighted by atomic mass is 9.88. The fourth-order valence-corrected chi connectivity index (χ4v) is 4.95. The van der Waals surface area contributed by atoms with Gasteiger partial charge >= 0.3 is 0 Å². The van der Waals surface area contributed by atoms with Crippen molar-refractivity contribution in [1.82, 2.24) is 0 Å². The Balaban J connectivity index is 2.23. The van der Waals surface area contributed by atoms with Gasteiger partial charge in [0.05, 0.1) is 12.1 Å². The molecular formula is C15H20N4O2. The first-order valence-electron chi connectivity index (χ1n) is 7.54. The number of hydrogen-bond acceptors (Lipinski definition) is 6. The van der Waals surface area contributed by atoms with Crippen LogP contribution in [0.4, 0.5) is 0 Å². The largest absolute Gasteiger partial charge is 0.386 e. The molecule has 0 saturated heterocycles. The molecule has 2 N–H and O–H groups in total. The highest BCUT2D eigenvalue weighted by atomic mass is 16.7. The van der Waals surface area contributed by atoms with Crippen LogP contribution < -0.4 is 5.73 Å². The van der Waals surface area contributed by atoms with Crippen molar-refractivity contribution in [2.45, 2.75) is 45.4 Å². The number of fused-ring (bicyclic) bond motifs is 3. The first kappa shape index (κ1) is 14.3. The van der Waals surface area contributed by atoms with Crippen LogP contribution in [0.5, 0.6) is 0 Å². The van der Waals surface area contributed by atoms with Gasteiger partial charge in [-0.15, -0.1) is 0 Å². The van der Waals surface area contributed by atoms with Crippen LogP contribution in [-0.2, 0) is 9.47 Å². The first-order chi connectivity index (χ1) is 10.1. The summed E-state index contributed by atoms with van der Waals surface area (Å²) in [6.45, 7) is 4.34. The van der Waals surface area contributed by atoms with E-state index in [4.69, 9.17) is 15.2 Å². The van der Waals surface area contributed by atoms with Crippen molar-refractivity contribution in [3.05, 3.63) is 0 Å². The summed E-state index contributed by atoms with van der Waals surface area (Å²) in [4.78, 5) is 4.34. The summed E-state index contributed by atoms with van der Waals surface area (Å²) in [7, 11) is 0. The fraction of sp³-hybridized carbons (Fsp3) is 0.800. The summed E-state index contributed by atoms with van der Waals surface area (Å²) >= 11 is 0. The summed E-state index contributed by atoms with van der Waals surface area (Å²) in [6, 6.07) is 4.68. The smallest absolute Gasteiger partial charge is 0.293 e. The maximum atomic E-state index is 10.0. The Labute approximate surface area is 124 Å². The molecule has 2 saturated carbocycles. The molecule has 2 aliphatic carbocycles. The van der Waals surface area contributed by atoms with Gasteiger partial charge < -0.3 is 15.2 Å². The number of amidine groups is 1. The van der Waals surface area contributed by atoms with E-state index >= 15 is 0 Å². The standard InChI is InChI=1S/C15H20N4O2/c1-3-20-15(21-4-2)14(10-17)12(7-5-6-8-12)13(14,9-16)11(18)19-15/h3-8H2,1-2H3,(H2,18,19)/t13-,14+/m0/s1. The summed E-state index contributed by atoms with van der Waals surface area (Å²) in [5.41, 5.74) is 3.48. The molecule has 21 heavy (non-hydrogen) atoms. The third-order valence-electron chi connectivity index (χ3n) is 5.53. The molecule has 1 aliphatic heterocycles. The molecule has 0 aromatic rings. The van der Waals surface area contributed by atoms with E-state index in [9.17, 15) is 10.5 Å². The van der Waals surface area contributed by atoms with E-state index in [1.165, 1.54) is 0 Å². The normalized spacial score (nSPS) is 37.6. The van der Waals surface area contributed by atoms with E-state index < -0.39 is 22.2 Å². The predicted octanol–water partition coefficient (Wildman–Crippen LogP) is 1.68. The molecule has 6 nitrogen and oxygen atoms in total. The Hall–Kier alpha value is -1.63. The van der Waals surface area contributed by atoms with E-state index in [1.807, 2.05) is 13.8 Å². The lowest BCUT2D eigenvalue weighted by molar-refractivity contribution is -0.261. The zero-order valence-electron chi connectivity index (χ0n) is 12.5. The quantitative estimate of drug-likeness (QED) is 0.792. The average molecular weight is 288 g/mol. The number of nitrogens with two attached hydrogens (primary N) is 1. The molecule has 0 bridgehead atoms. The van der Waals surface area contributed by atoms with Gasteiger partial charge in [-0.05, 0) is 26.7 Å². The van der Waals surface area contributed by atoms with Crippen LogP contribution in [-0.4, -0.2) is 25.0 Å². The zero-order chi connectivity index (χ0) is 15.4. The lowest BCUT2D eigenvalue weighted by Gasteiger charge is -2.33. The molecule has 0 unspecified atom stereocenters. The summed E-state index contributed by atoms with van der Waals surface area (Å²) in [5, 5.41) is 19.9. The van der Waals surface area contributed by atoms with Crippen molar-refractivity contribution in [2.24, 2.45) is 27.0 Å². The second-order valence-corrected chi connectivity index (χ2v) is 5.96. The van der Waals surface area contributed by atoms with Gasteiger partial charge in [-0.2, -0.15) is 10.5 Å². The van der Waals surface area contributed by atoms with E-state index in [-0.39, 0.29) is 5.84 Å². The summed E-state index contributed by atoms with van der Waals surface area (Å²) in [5.74, 6) is -1.23. The van der Waals surface area contributed by atoms with Crippen LogP contribution in [0.25, 0.3) is 0 Å². The summed E-state index contributed by atoms with van der Waals surface area (Å²) < 4.78 is 11.6. The zero-order valence-corrected chi connectivity index (χ0v) is 12.5. The third kappa shape index (κ3) is 1.12. The monoisotopic (exact) mass is 288 g/mol. The number of nitriles is 2. The van der Waals surface area contributed by atoms with Gasteiger partial charge in [-0.25, -0.2) is 4.99 Å². The summed E-state index contributed by atoms with van der Waals surface area (Å²) in [6.07, 6.45) is 3.58. The number of rotatable bonds is 4. The third-order valence-corrected chi connectivity index (χ3v) is 5.53. The highest BCUT2D eigenvalue weighted by Crippen LogP contribution is 2.89. The minimum Gasteiger partial charge on any atom is -0.386 e. The Bertz CT molecular complexity index is 575. The van der Waals surface area contributed by atoms with Gasteiger partial charge in [-0.1, -0.05) is 12.8 Å². The van der Waals surface area contributed by atoms with Crippen LogP contribution in [0.1, 0.15) is 39.5 Å². The molecule has 6 heteroatoms. The van der Waals surface area contributed by atoms with Gasteiger partial charge in [-0.3, -0.25) is 0 Å². The second kappa shape index (κ2) is 4.19. The lowest BCUT2D eigenvalue weighted by Crippen LogP contribution is -2.45. The maximum absolute atomic E-state index is 10.0. The first-order valence-corrected chi connectivity index (χ1v) is 7.54. The highest BCUT2D eigenvalue weighted by Gasteiger charge is 3.00. The van der Waals surface area contributed by atoms with E-state index in [0.29, 0.717) is 13.2 Å². The van der Waals surface area contributed by atoms with Crippen molar-refractivity contribution < 1.29 is 9.47 Å². The topological polar surface area (TPSA) is 104 Å². The molecule has 3 aliphatic rings. The highest BCUT2D eigenvalue weighted by molar-refractivity contribution is 6.00. The molecule has 3 rings (SSSR count). The van der Waals surface area contributed by atoms with E-state index in [0.717, 1.165) is 25.7 Å². The van der Waals surface area contributed by atoms with Gasteiger partial charge in [0, 0.05) is 18.6 Å². The molecule has 0 radical (unpaired) electrons. The molecule has 2 atom stereocenters. The number of nitrogens with zero attached hydrogens (tertiary/aromatic N) is 3. The molecular weight excluding hydrogens is 268 g/mol. The molecule has 0 aromatic carbocycles. The van der Waals surface area contributed by atoms with Gasteiger partial charge in [0.2, 0.25) is 0 Å². The van der Waals surface area contributed by atoms with Gasteiger partial charge in [0.25, 0.3) is 5.91 Å². The van der Waals surface area contributed by atoms with Crippen molar-refractivity contribution in [1.29, 1.82) is 10.5 Å². The predicted molar refractivity (Wildman–Crippen MR) is 74.6 cm³/mol. The average Bonchev–Trinajstić information content (AvgIpc) is 2.73. The Morgan fingerprint density at radius 1 is 1.14 bits per heavy atom. The minimum absolute atomic E-state index is 0.204. The second-order valence-electron chi connectivity index (χ2n) is 5.96. The Kier molecular flexibility index (Phi) is 2.86. The molecule has 1 heterocycles. The number of hydrogen-bond donors (Lipinski definition) is 1. The minimum atomic E-state index is -1.44. The van der Waals surface area contributed by atoms with Crippen molar-refractivity contribution >= 4 is 5.84 Å². The van der Waals surface area contributed by atoms with Crippen LogP contribution in [0, 0.1) is 38.9 Å². The molecule has 0 aromatic heterocycles. The van der Waals surface area contributed by atoms with Crippen LogP contribution >= 0.6 is 0 Å². The fourth-order valence-electron chi connectivity index (χ4n) is 4.95. The molecule has 0 amide bonds.